The fraction of sp³-hybridized carbons (Fsp3) is 0.611. The summed E-state index contributed by atoms with van der Waals surface area (Å²) in [5.74, 6) is 1.87. The van der Waals surface area contributed by atoms with E-state index >= 15 is 0 Å². The molecule has 0 amide bonds. The lowest BCUT2D eigenvalue weighted by molar-refractivity contribution is 0.241. The van der Waals surface area contributed by atoms with Gasteiger partial charge in [0.2, 0.25) is 0 Å². The maximum absolute atomic E-state index is 5.94. The normalized spacial score (nSPS) is 16.6. The first-order valence-corrected chi connectivity index (χ1v) is 8.57. The van der Waals surface area contributed by atoms with Crippen LogP contribution in [0.2, 0.25) is 0 Å². The van der Waals surface area contributed by atoms with Crippen LogP contribution in [0.4, 0.5) is 0 Å². The molecule has 0 spiro atoms. The largest absolute Gasteiger partial charge is 0.488 e. The third kappa shape index (κ3) is 6.47. The van der Waals surface area contributed by atoms with E-state index in [1.54, 1.807) is 0 Å². The lowest BCUT2D eigenvalue weighted by Gasteiger charge is -2.21. The summed E-state index contributed by atoms with van der Waals surface area (Å²) in [6.45, 7) is 9.89. The SMILES string of the molecule is CCNC(=NCC1Cc2ccccc2O1)NCCN(C)C(C)C.I. The molecule has 1 unspecified atom stereocenters. The van der Waals surface area contributed by atoms with Gasteiger partial charge in [0.1, 0.15) is 11.9 Å². The van der Waals surface area contributed by atoms with Crippen molar-refractivity contribution >= 4 is 29.9 Å². The Balaban J connectivity index is 0.00000288. The maximum atomic E-state index is 5.94. The fourth-order valence-electron chi connectivity index (χ4n) is 2.50. The summed E-state index contributed by atoms with van der Waals surface area (Å²) in [5.41, 5.74) is 1.28. The lowest BCUT2D eigenvalue weighted by Crippen LogP contribution is -2.42. The molecule has 6 heteroatoms. The third-order valence-electron chi connectivity index (χ3n) is 4.15. The van der Waals surface area contributed by atoms with E-state index in [0.717, 1.165) is 37.8 Å². The van der Waals surface area contributed by atoms with Crippen molar-refractivity contribution in [2.75, 3.05) is 33.2 Å². The molecule has 0 aromatic heterocycles. The van der Waals surface area contributed by atoms with E-state index in [-0.39, 0.29) is 30.1 Å². The first-order valence-electron chi connectivity index (χ1n) is 8.57. The predicted octanol–water partition coefficient (Wildman–Crippen LogP) is 2.50. The van der Waals surface area contributed by atoms with Gasteiger partial charge in [0.05, 0.1) is 6.54 Å². The summed E-state index contributed by atoms with van der Waals surface area (Å²) in [5, 5.41) is 6.69. The minimum atomic E-state index is 0. The Bertz CT molecular complexity index is 496. The van der Waals surface area contributed by atoms with Crippen molar-refractivity contribution in [2.24, 2.45) is 4.99 Å². The van der Waals surface area contributed by atoms with Crippen LogP contribution in [0.25, 0.3) is 0 Å². The molecular formula is C18H31IN4O. The van der Waals surface area contributed by atoms with Crippen LogP contribution >= 0.6 is 24.0 Å². The molecule has 1 heterocycles. The molecule has 0 bridgehead atoms. The number of fused-ring (bicyclic) bond motifs is 1. The Kier molecular flexibility index (Phi) is 9.43. The van der Waals surface area contributed by atoms with E-state index in [0.29, 0.717) is 12.6 Å². The van der Waals surface area contributed by atoms with Gasteiger partial charge < -0.3 is 20.3 Å². The van der Waals surface area contributed by atoms with Gasteiger partial charge in [-0.05, 0) is 39.4 Å². The number of para-hydroxylation sites is 1. The van der Waals surface area contributed by atoms with E-state index in [1.807, 2.05) is 12.1 Å². The summed E-state index contributed by atoms with van der Waals surface area (Å²) < 4.78 is 5.94. The second-order valence-electron chi connectivity index (χ2n) is 6.27. The molecule has 0 aliphatic carbocycles. The molecule has 0 saturated carbocycles. The molecule has 2 N–H and O–H groups in total. The number of hydrogen-bond acceptors (Lipinski definition) is 3. The summed E-state index contributed by atoms with van der Waals surface area (Å²) >= 11 is 0. The number of aliphatic imine (C=N–C) groups is 1. The topological polar surface area (TPSA) is 48.9 Å². The molecule has 0 saturated heterocycles. The molecule has 0 radical (unpaired) electrons. The van der Waals surface area contributed by atoms with Crippen LogP contribution in [0, 0.1) is 0 Å². The van der Waals surface area contributed by atoms with E-state index in [2.05, 4.69) is 60.5 Å². The van der Waals surface area contributed by atoms with Gasteiger partial charge in [0, 0.05) is 32.1 Å². The summed E-state index contributed by atoms with van der Waals surface area (Å²) in [6, 6.07) is 8.79. The van der Waals surface area contributed by atoms with Crippen molar-refractivity contribution in [1.29, 1.82) is 0 Å². The molecule has 1 aromatic rings. The van der Waals surface area contributed by atoms with Crippen LogP contribution in [-0.2, 0) is 6.42 Å². The van der Waals surface area contributed by atoms with E-state index < -0.39 is 0 Å². The van der Waals surface area contributed by atoms with Crippen LogP contribution in [0.3, 0.4) is 0 Å². The lowest BCUT2D eigenvalue weighted by atomic mass is 10.1. The molecule has 1 atom stereocenters. The van der Waals surface area contributed by atoms with Crippen molar-refractivity contribution in [3.63, 3.8) is 0 Å². The number of nitrogens with one attached hydrogen (secondary N) is 2. The average Bonchev–Trinajstić information content (AvgIpc) is 2.95. The molecule has 2 rings (SSSR count). The van der Waals surface area contributed by atoms with Crippen molar-refractivity contribution in [2.45, 2.75) is 39.3 Å². The molecule has 136 valence electrons. The Hall–Kier alpha value is -1.02. The number of hydrogen-bond donors (Lipinski definition) is 2. The monoisotopic (exact) mass is 446 g/mol. The predicted molar refractivity (Wildman–Crippen MR) is 112 cm³/mol. The molecular weight excluding hydrogens is 415 g/mol. The Morgan fingerprint density at radius 3 is 2.75 bits per heavy atom. The van der Waals surface area contributed by atoms with Crippen molar-refractivity contribution < 1.29 is 4.74 Å². The second-order valence-corrected chi connectivity index (χ2v) is 6.27. The smallest absolute Gasteiger partial charge is 0.191 e. The van der Waals surface area contributed by atoms with Crippen LogP contribution in [0.15, 0.2) is 29.3 Å². The first kappa shape index (κ1) is 21.0. The molecule has 1 aromatic carbocycles. The number of guanidine groups is 1. The van der Waals surface area contributed by atoms with E-state index in [1.165, 1.54) is 5.56 Å². The first-order chi connectivity index (χ1) is 11.1. The molecule has 1 aliphatic rings. The van der Waals surface area contributed by atoms with Crippen molar-refractivity contribution in [3.05, 3.63) is 29.8 Å². The second kappa shape index (κ2) is 10.8. The number of rotatable bonds is 7. The van der Waals surface area contributed by atoms with Gasteiger partial charge in [0.25, 0.3) is 0 Å². The van der Waals surface area contributed by atoms with Crippen molar-refractivity contribution in [1.82, 2.24) is 15.5 Å². The maximum Gasteiger partial charge on any atom is 0.191 e. The highest BCUT2D eigenvalue weighted by Crippen LogP contribution is 2.28. The number of ether oxygens (including phenoxy) is 1. The van der Waals surface area contributed by atoms with Crippen LogP contribution < -0.4 is 15.4 Å². The summed E-state index contributed by atoms with van der Waals surface area (Å²) in [6.07, 6.45) is 1.08. The van der Waals surface area contributed by atoms with Gasteiger partial charge in [-0.3, -0.25) is 0 Å². The summed E-state index contributed by atoms with van der Waals surface area (Å²) in [4.78, 5) is 6.98. The standard InChI is InChI=1S/C18H30N4O.HI/c1-5-19-18(20-10-11-22(4)14(2)3)21-13-16-12-15-8-6-7-9-17(15)23-16;/h6-9,14,16H,5,10-13H2,1-4H3,(H2,19,20,21);1H. The minimum Gasteiger partial charge on any atom is -0.488 e. The fourth-order valence-corrected chi connectivity index (χ4v) is 2.50. The highest BCUT2D eigenvalue weighted by molar-refractivity contribution is 14.0. The summed E-state index contributed by atoms with van der Waals surface area (Å²) in [7, 11) is 2.14. The molecule has 5 nitrogen and oxygen atoms in total. The third-order valence-corrected chi connectivity index (χ3v) is 4.15. The Labute approximate surface area is 163 Å². The quantitative estimate of drug-likeness (QED) is 0.384. The van der Waals surface area contributed by atoms with Gasteiger partial charge in [-0.1, -0.05) is 18.2 Å². The average molecular weight is 446 g/mol. The van der Waals surface area contributed by atoms with E-state index in [4.69, 9.17) is 4.74 Å². The van der Waals surface area contributed by atoms with Crippen LogP contribution in [0.1, 0.15) is 26.3 Å². The van der Waals surface area contributed by atoms with Gasteiger partial charge >= 0.3 is 0 Å². The van der Waals surface area contributed by atoms with Gasteiger partial charge in [-0.2, -0.15) is 0 Å². The number of halogens is 1. The molecule has 1 aliphatic heterocycles. The zero-order valence-electron chi connectivity index (χ0n) is 15.2. The molecule has 24 heavy (non-hydrogen) atoms. The van der Waals surface area contributed by atoms with Crippen LogP contribution in [0.5, 0.6) is 5.75 Å². The number of benzene rings is 1. The van der Waals surface area contributed by atoms with Crippen LogP contribution in [-0.4, -0.2) is 56.2 Å². The van der Waals surface area contributed by atoms with Crippen molar-refractivity contribution in [3.8, 4) is 5.75 Å². The van der Waals surface area contributed by atoms with Gasteiger partial charge in [-0.25, -0.2) is 4.99 Å². The van der Waals surface area contributed by atoms with Gasteiger partial charge in [-0.15, -0.1) is 24.0 Å². The Morgan fingerprint density at radius 2 is 2.08 bits per heavy atom. The Morgan fingerprint density at radius 1 is 1.33 bits per heavy atom. The highest BCUT2D eigenvalue weighted by atomic mass is 127. The number of likely N-dealkylation sites (N-methyl/N-ethyl adjacent to an activating group) is 1. The molecule has 0 fully saturated rings. The number of nitrogens with zero attached hydrogens (tertiary/aromatic N) is 2. The zero-order valence-corrected chi connectivity index (χ0v) is 17.5. The van der Waals surface area contributed by atoms with E-state index in [9.17, 15) is 0 Å². The highest BCUT2D eigenvalue weighted by Gasteiger charge is 2.21. The zero-order chi connectivity index (χ0) is 16.7. The minimum absolute atomic E-state index is 0. The van der Waals surface area contributed by atoms with Gasteiger partial charge in [0.15, 0.2) is 5.96 Å².